The van der Waals surface area contributed by atoms with Crippen molar-refractivity contribution in [1.82, 2.24) is 0 Å². The number of fused-ring (bicyclic) bond motifs is 5. The standard InChI is InChI=1S/C38H30O/c1-3-13-25(14-4-1)27-23-33(38-32-21-11-12-22-34(32)39-35(38)24-27)37-30-19-9-7-17-28(30)36(26-15-5-2-6-16-26)29-18-8-10-20-31(29)37/h1-5,7-15,17-22,24,27-28,30H,6,16,23H2/i2D,5D,6D,15D,16D. The van der Waals surface area contributed by atoms with Gasteiger partial charge < -0.3 is 4.42 Å². The third-order valence-corrected chi connectivity index (χ3v) is 8.46. The van der Waals surface area contributed by atoms with Gasteiger partial charge in [0.2, 0.25) is 0 Å². The molecule has 8 rings (SSSR count). The van der Waals surface area contributed by atoms with Crippen LogP contribution in [0.25, 0.3) is 33.8 Å². The highest BCUT2D eigenvalue weighted by molar-refractivity contribution is 5.98. The van der Waals surface area contributed by atoms with Gasteiger partial charge in [-0.1, -0.05) is 115 Å². The van der Waals surface area contributed by atoms with Gasteiger partial charge in [0.1, 0.15) is 11.0 Å². The Bertz CT molecular complexity index is 2230. The van der Waals surface area contributed by atoms with Crippen molar-refractivity contribution in [2.45, 2.75) is 25.1 Å². The molecule has 39 heavy (non-hydrogen) atoms. The van der Waals surface area contributed by atoms with E-state index in [4.69, 9.17) is 11.3 Å². The molecule has 0 saturated heterocycles. The molecule has 0 spiro atoms. The van der Waals surface area contributed by atoms with Crippen LogP contribution < -0.4 is 21.1 Å². The minimum Gasteiger partial charge on any atom is -0.456 e. The minimum absolute atomic E-state index is 0.0804. The SMILES string of the molecule is [2H]C1=C([2H])C([2H])C([2H])C(C2=c3ccccc3=C(C3=c4c(oc5ccccc45)=CC(c4ccccc4)C3)C3C=CC=CC23)=C1[2H]. The second kappa shape index (κ2) is 9.13. The Kier molecular flexibility index (Phi) is 4.22. The molecule has 0 aliphatic heterocycles. The lowest BCUT2D eigenvalue weighted by Crippen LogP contribution is -2.42. The first-order valence-electron chi connectivity index (χ1n) is 16.3. The fraction of sp³-hybridized carbons (Fsp3) is 0.158. The summed E-state index contributed by atoms with van der Waals surface area (Å²) in [4.78, 5) is 0. The average molecular weight is 508 g/mol. The summed E-state index contributed by atoms with van der Waals surface area (Å²) < 4.78 is 49.7. The van der Waals surface area contributed by atoms with Crippen LogP contribution in [0, 0.1) is 11.8 Å². The number of furan rings is 1. The van der Waals surface area contributed by atoms with E-state index in [-0.39, 0.29) is 35.9 Å². The molecule has 5 unspecified atom stereocenters. The Hall–Kier alpha value is -4.36. The van der Waals surface area contributed by atoms with Crippen molar-refractivity contribution in [3.8, 4) is 0 Å². The Morgan fingerprint density at radius 1 is 0.795 bits per heavy atom. The van der Waals surface area contributed by atoms with E-state index in [9.17, 15) is 0 Å². The van der Waals surface area contributed by atoms with Gasteiger partial charge >= 0.3 is 0 Å². The Morgan fingerprint density at radius 2 is 1.51 bits per heavy atom. The van der Waals surface area contributed by atoms with E-state index >= 15 is 0 Å². The van der Waals surface area contributed by atoms with Crippen LogP contribution >= 0.6 is 0 Å². The molecule has 188 valence electrons. The van der Waals surface area contributed by atoms with Gasteiger partial charge in [-0.2, -0.15) is 0 Å². The van der Waals surface area contributed by atoms with Crippen LogP contribution in [-0.2, 0) is 0 Å². The van der Waals surface area contributed by atoms with Crippen molar-refractivity contribution in [3.63, 3.8) is 0 Å². The lowest BCUT2D eigenvalue weighted by molar-refractivity contribution is 0.568. The van der Waals surface area contributed by atoms with Crippen molar-refractivity contribution in [2.24, 2.45) is 11.8 Å². The second-order valence-electron chi connectivity index (χ2n) is 10.5. The number of benzene rings is 3. The number of allylic oxidation sites excluding steroid dienone is 8. The van der Waals surface area contributed by atoms with E-state index in [0.29, 0.717) is 5.57 Å². The van der Waals surface area contributed by atoms with Gasteiger partial charge in [-0.05, 0) is 69.7 Å². The van der Waals surface area contributed by atoms with Gasteiger partial charge in [-0.15, -0.1) is 0 Å². The van der Waals surface area contributed by atoms with Crippen molar-refractivity contribution >= 4 is 33.8 Å². The average Bonchev–Trinajstić information content (AvgIpc) is 3.45. The summed E-state index contributed by atoms with van der Waals surface area (Å²) in [7, 11) is 0. The molecule has 1 aromatic heterocycles. The number of rotatable bonds is 3. The van der Waals surface area contributed by atoms with Crippen molar-refractivity contribution in [1.29, 1.82) is 0 Å². The molecule has 0 saturated carbocycles. The number of hydrogen-bond acceptors (Lipinski definition) is 1. The lowest BCUT2D eigenvalue weighted by Gasteiger charge is -2.36. The molecule has 3 aromatic carbocycles. The van der Waals surface area contributed by atoms with E-state index in [1.54, 1.807) is 0 Å². The molecule has 1 heteroatoms. The molecule has 0 radical (unpaired) electrons. The van der Waals surface area contributed by atoms with Gasteiger partial charge in [0, 0.05) is 31.1 Å². The van der Waals surface area contributed by atoms with Gasteiger partial charge in [-0.25, -0.2) is 0 Å². The summed E-state index contributed by atoms with van der Waals surface area (Å²) in [5.41, 5.74) is 6.65. The first kappa shape index (κ1) is 18.0. The summed E-state index contributed by atoms with van der Waals surface area (Å²) in [6.07, 6.45) is 9.20. The summed E-state index contributed by atoms with van der Waals surface area (Å²) >= 11 is 0. The molecule has 0 N–H and O–H groups in total. The summed E-state index contributed by atoms with van der Waals surface area (Å²) in [6, 6.07) is 26.4. The molecule has 1 nitrogen and oxygen atoms in total. The van der Waals surface area contributed by atoms with Gasteiger partial charge in [0.15, 0.2) is 0 Å². The van der Waals surface area contributed by atoms with Gasteiger partial charge in [-0.3, -0.25) is 0 Å². The fourth-order valence-electron chi connectivity index (χ4n) is 6.84. The van der Waals surface area contributed by atoms with E-state index in [1.165, 1.54) is 16.7 Å². The largest absolute Gasteiger partial charge is 0.456 e. The number of para-hydroxylation sites is 1. The maximum absolute atomic E-state index is 9.01. The Morgan fingerprint density at radius 3 is 2.36 bits per heavy atom. The topological polar surface area (TPSA) is 13.1 Å². The molecule has 4 aliphatic carbocycles. The molecular formula is C38H30O. The van der Waals surface area contributed by atoms with Crippen molar-refractivity contribution in [3.05, 3.63) is 154 Å². The zero-order chi connectivity index (χ0) is 30.1. The van der Waals surface area contributed by atoms with E-state index in [1.807, 2.05) is 36.4 Å². The predicted octanol–water partition coefficient (Wildman–Crippen LogP) is 6.20. The highest BCUT2D eigenvalue weighted by atomic mass is 16.3. The molecule has 1 heterocycles. The molecule has 0 fully saturated rings. The molecule has 5 atom stereocenters. The summed E-state index contributed by atoms with van der Waals surface area (Å²) in [6.45, 7) is 0. The normalized spacial score (nSPS) is 29.6. The highest BCUT2D eigenvalue weighted by Crippen LogP contribution is 2.44. The fourth-order valence-corrected chi connectivity index (χ4v) is 6.84. The maximum Gasteiger partial charge on any atom is 0.135 e. The van der Waals surface area contributed by atoms with Gasteiger partial charge in [0.25, 0.3) is 0 Å². The smallest absolute Gasteiger partial charge is 0.135 e. The Balaban J connectivity index is 1.52. The molecular weight excluding hydrogens is 472 g/mol. The molecule has 0 bridgehead atoms. The van der Waals surface area contributed by atoms with E-state index in [2.05, 4.69) is 72.8 Å². The van der Waals surface area contributed by atoms with Crippen LogP contribution in [0.1, 0.15) is 37.5 Å². The molecule has 0 amide bonds. The highest BCUT2D eigenvalue weighted by Gasteiger charge is 2.35. The van der Waals surface area contributed by atoms with Crippen LogP contribution in [0.15, 0.2) is 131 Å². The maximum atomic E-state index is 9.01. The molecule has 4 aliphatic rings. The van der Waals surface area contributed by atoms with E-state index < -0.39 is 12.8 Å². The number of hydrogen-bond donors (Lipinski definition) is 0. The minimum atomic E-state index is -1.20. The second-order valence-corrected chi connectivity index (χ2v) is 10.5. The van der Waals surface area contributed by atoms with Crippen LogP contribution in [0.3, 0.4) is 0 Å². The first-order chi connectivity index (χ1) is 21.4. The quantitative estimate of drug-likeness (QED) is 0.322. The van der Waals surface area contributed by atoms with Gasteiger partial charge in [0.05, 0.1) is 4.11 Å². The monoisotopic (exact) mass is 507 g/mol. The van der Waals surface area contributed by atoms with Crippen LogP contribution in [-0.4, -0.2) is 0 Å². The van der Waals surface area contributed by atoms with Crippen LogP contribution in [0.5, 0.6) is 0 Å². The van der Waals surface area contributed by atoms with E-state index in [0.717, 1.165) is 44.0 Å². The Labute approximate surface area is 235 Å². The first-order valence-corrected chi connectivity index (χ1v) is 13.6. The third kappa shape index (κ3) is 3.61. The van der Waals surface area contributed by atoms with Crippen molar-refractivity contribution in [2.75, 3.05) is 0 Å². The summed E-state index contributed by atoms with van der Waals surface area (Å²) in [5.74, 6) is -0.140. The zero-order valence-corrected chi connectivity index (χ0v) is 21.4. The molecule has 4 aromatic rings. The van der Waals surface area contributed by atoms with Crippen LogP contribution in [0.4, 0.5) is 0 Å². The summed E-state index contributed by atoms with van der Waals surface area (Å²) in [5, 5.41) is 4.19. The van der Waals surface area contributed by atoms with Crippen molar-refractivity contribution < 1.29 is 11.3 Å². The zero-order valence-electron chi connectivity index (χ0n) is 26.4. The lowest BCUT2D eigenvalue weighted by atomic mass is 9.67. The third-order valence-electron chi connectivity index (χ3n) is 8.46. The predicted molar refractivity (Wildman–Crippen MR) is 161 cm³/mol. The van der Waals surface area contributed by atoms with Crippen LogP contribution in [0.2, 0.25) is 0 Å².